The first-order chi connectivity index (χ1) is 10.2. The summed E-state index contributed by atoms with van der Waals surface area (Å²) in [4.78, 5) is 4.47. The van der Waals surface area contributed by atoms with Gasteiger partial charge >= 0.3 is 0 Å². The van der Waals surface area contributed by atoms with Gasteiger partial charge in [0.15, 0.2) is 0 Å². The molecule has 1 heterocycles. The summed E-state index contributed by atoms with van der Waals surface area (Å²) in [6.45, 7) is 7.51. The lowest BCUT2D eigenvalue weighted by molar-refractivity contribution is 0.481. The molecule has 0 aliphatic heterocycles. The minimum atomic E-state index is 0.312. The number of imidazole rings is 1. The van der Waals surface area contributed by atoms with Crippen molar-refractivity contribution in [3.63, 3.8) is 0 Å². The van der Waals surface area contributed by atoms with E-state index >= 15 is 0 Å². The fraction of sp³-hybridized carbons (Fsp3) is 0.500. The molecule has 0 amide bonds. The number of rotatable bonds is 7. The van der Waals surface area contributed by atoms with Crippen molar-refractivity contribution in [2.45, 2.75) is 52.1 Å². The van der Waals surface area contributed by atoms with Gasteiger partial charge in [-0.25, -0.2) is 4.98 Å². The number of benzene rings is 1. The predicted molar refractivity (Wildman–Crippen MR) is 88.6 cm³/mol. The lowest BCUT2D eigenvalue weighted by Gasteiger charge is -2.20. The van der Waals surface area contributed by atoms with Gasteiger partial charge in [0.05, 0.1) is 0 Å². The minimum Gasteiger partial charge on any atom is -0.333 e. The van der Waals surface area contributed by atoms with E-state index in [4.69, 9.17) is 0 Å². The Morgan fingerprint density at radius 2 is 1.90 bits per heavy atom. The zero-order valence-corrected chi connectivity index (χ0v) is 13.6. The minimum absolute atomic E-state index is 0.312. The largest absolute Gasteiger partial charge is 0.333 e. The first kappa shape index (κ1) is 15.8. The number of aromatic nitrogens is 2. The lowest BCUT2D eigenvalue weighted by Crippen LogP contribution is -2.23. The maximum Gasteiger partial charge on any atom is 0.111 e. The third-order valence-corrected chi connectivity index (χ3v) is 3.91. The van der Waals surface area contributed by atoms with E-state index in [0.29, 0.717) is 12.0 Å². The molecule has 0 spiro atoms. The topological polar surface area (TPSA) is 29.9 Å². The van der Waals surface area contributed by atoms with Gasteiger partial charge in [0, 0.05) is 30.9 Å². The maximum absolute atomic E-state index is 4.47. The Hall–Kier alpha value is -1.61. The third kappa shape index (κ3) is 3.94. The normalized spacial score (nSPS) is 12.8. The van der Waals surface area contributed by atoms with Crippen LogP contribution in [0, 0.1) is 0 Å². The van der Waals surface area contributed by atoms with Crippen LogP contribution in [0.2, 0.25) is 0 Å². The molecule has 0 aliphatic rings. The molecule has 2 aromatic rings. The van der Waals surface area contributed by atoms with Crippen LogP contribution in [-0.4, -0.2) is 16.6 Å². The van der Waals surface area contributed by atoms with Crippen molar-refractivity contribution < 1.29 is 0 Å². The highest BCUT2D eigenvalue weighted by atomic mass is 15.1. The number of nitrogens with one attached hydrogen (secondary N) is 1. The number of hydrogen-bond acceptors (Lipinski definition) is 2. The van der Waals surface area contributed by atoms with E-state index in [1.807, 2.05) is 13.2 Å². The zero-order chi connectivity index (χ0) is 15.2. The molecule has 1 aromatic carbocycles. The van der Waals surface area contributed by atoms with Gasteiger partial charge in [-0.2, -0.15) is 0 Å². The Kier molecular flexibility index (Phi) is 5.57. The molecular formula is C18H27N3. The van der Waals surface area contributed by atoms with Gasteiger partial charge in [0.2, 0.25) is 0 Å². The van der Waals surface area contributed by atoms with Crippen molar-refractivity contribution in [2.75, 3.05) is 7.05 Å². The Morgan fingerprint density at radius 3 is 2.48 bits per heavy atom. The molecular weight excluding hydrogens is 258 g/mol. The van der Waals surface area contributed by atoms with Gasteiger partial charge in [-0.3, -0.25) is 0 Å². The van der Waals surface area contributed by atoms with Crippen LogP contribution < -0.4 is 5.32 Å². The van der Waals surface area contributed by atoms with Crippen molar-refractivity contribution in [3.8, 4) is 0 Å². The second-order valence-corrected chi connectivity index (χ2v) is 5.93. The van der Waals surface area contributed by atoms with Crippen LogP contribution in [0.5, 0.6) is 0 Å². The average molecular weight is 285 g/mol. The lowest BCUT2D eigenvalue weighted by atomic mass is 10.0. The van der Waals surface area contributed by atoms with E-state index in [2.05, 4.69) is 66.1 Å². The first-order valence-electron chi connectivity index (χ1n) is 7.92. The van der Waals surface area contributed by atoms with Crippen LogP contribution in [0.25, 0.3) is 0 Å². The summed E-state index contributed by atoms with van der Waals surface area (Å²) < 4.78 is 2.26. The smallest absolute Gasteiger partial charge is 0.111 e. The molecule has 1 aromatic heterocycles. The molecule has 1 atom stereocenters. The summed E-state index contributed by atoms with van der Waals surface area (Å²) >= 11 is 0. The van der Waals surface area contributed by atoms with Crippen LogP contribution in [-0.2, 0) is 13.0 Å². The van der Waals surface area contributed by atoms with Crippen molar-refractivity contribution in [2.24, 2.45) is 0 Å². The van der Waals surface area contributed by atoms with Gasteiger partial charge in [0.25, 0.3) is 0 Å². The SMILES string of the molecule is CCCc1ccc(C(Cn2ccnc2C(C)C)NC)cc1. The molecule has 21 heavy (non-hydrogen) atoms. The molecule has 0 saturated heterocycles. The summed E-state index contributed by atoms with van der Waals surface area (Å²) in [7, 11) is 2.02. The van der Waals surface area contributed by atoms with E-state index in [1.54, 1.807) is 0 Å². The molecule has 114 valence electrons. The van der Waals surface area contributed by atoms with Gasteiger partial charge in [-0.05, 0) is 24.6 Å². The van der Waals surface area contributed by atoms with Crippen molar-refractivity contribution in [1.82, 2.24) is 14.9 Å². The summed E-state index contributed by atoms with van der Waals surface area (Å²) in [5.41, 5.74) is 2.75. The molecule has 3 heteroatoms. The monoisotopic (exact) mass is 285 g/mol. The fourth-order valence-corrected chi connectivity index (χ4v) is 2.74. The zero-order valence-electron chi connectivity index (χ0n) is 13.6. The number of aryl methyl sites for hydroxylation is 1. The number of nitrogens with zero attached hydrogens (tertiary/aromatic N) is 2. The van der Waals surface area contributed by atoms with Crippen molar-refractivity contribution in [1.29, 1.82) is 0 Å². The predicted octanol–water partition coefficient (Wildman–Crippen LogP) is 3.92. The van der Waals surface area contributed by atoms with Crippen LogP contribution in [0.15, 0.2) is 36.7 Å². The standard InChI is InChI=1S/C18H27N3/c1-5-6-15-7-9-16(10-8-15)17(19-4)13-21-12-11-20-18(21)14(2)3/h7-12,14,17,19H,5-6,13H2,1-4H3. The average Bonchev–Trinajstić information content (AvgIpc) is 2.94. The van der Waals surface area contributed by atoms with E-state index in [0.717, 1.165) is 18.8 Å². The molecule has 0 bridgehead atoms. The molecule has 3 nitrogen and oxygen atoms in total. The molecule has 0 saturated carbocycles. The van der Waals surface area contributed by atoms with Crippen LogP contribution >= 0.6 is 0 Å². The van der Waals surface area contributed by atoms with E-state index in [9.17, 15) is 0 Å². The summed E-state index contributed by atoms with van der Waals surface area (Å²) in [6, 6.07) is 9.31. The highest BCUT2D eigenvalue weighted by Crippen LogP contribution is 2.19. The van der Waals surface area contributed by atoms with Gasteiger partial charge in [-0.15, -0.1) is 0 Å². The highest BCUT2D eigenvalue weighted by Gasteiger charge is 2.13. The highest BCUT2D eigenvalue weighted by molar-refractivity contribution is 5.25. The first-order valence-corrected chi connectivity index (χ1v) is 7.92. The van der Waals surface area contributed by atoms with Crippen molar-refractivity contribution >= 4 is 0 Å². The van der Waals surface area contributed by atoms with Gasteiger partial charge < -0.3 is 9.88 Å². The number of likely N-dealkylation sites (N-methyl/N-ethyl adjacent to an activating group) is 1. The molecule has 0 radical (unpaired) electrons. The maximum atomic E-state index is 4.47. The molecule has 1 N–H and O–H groups in total. The van der Waals surface area contributed by atoms with Gasteiger partial charge in [0.1, 0.15) is 5.82 Å². The van der Waals surface area contributed by atoms with Crippen LogP contribution in [0.1, 0.15) is 56.1 Å². The fourth-order valence-electron chi connectivity index (χ4n) is 2.74. The Morgan fingerprint density at radius 1 is 1.19 bits per heavy atom. The summed E-state index contributed by atoms with van der Waals surface area (Å²) in [6.07, 6.45) is 6.32. The van der Waals surface area contributed by atoms with E-state index < -0.39 is 0 Å². The summed E-state index contributed by atoms with van der Waals surface area (Å²) in [5.74, 6) is 1.60. The quantitative estimate of drug-likeness (QED) is 0.835. The second kappa shape index (κ2) is 7.41. The summed E-state index contributed by atoms with van der Waals surface area (Å²) in [5, 5.41) is 3.43. The van der Waals surface area contributed by atoms with Crippen LogP contribution in [0.4, 0.5) is 0 Å². The van der Waals surface area contributed by atoms with Gasteiger partial charge in [-0.1, -0.05) is 51.5 Å². The van der Waals surface area contributed by atoms with E-state index in [-0.39, 0.29) is 0 Å². The van der Waals surface area contributed by atoms with Crippen molar-refractivity contribution in [3.05, 3.63) is 53.6 Å². The Balaban J connectivity index is 2.14. The van der Waals surface area contributed by atoms with E-state index in [1.165, 1.54) is 17.5 Å². The molecule has 1 unspecified atom stereocenters. The second-order valence-electron chi connectivity index (χ2n) is 5.93. The number of hydrogen-bond donors (Lipinski definition) is 1. The molecule has 0 aliphatic carbocycles. The Labute approximate surface area is 128 Å². The Bertz CT molecular complexity index is 540. The third-order valence-electron chi connectivity index (χ3n) is 3.91. The molecule has 2 rings (SSSR count). The van der Waals surface area contributed by atoms with Crippen LogP contribution in [0.3, 0.4) is 0 Å². The molecule has 0 fully saturated rings.